The maximum atomic E-state index is 4.68. The first-order chi connectivity index (χ1) is 9.41. The molecule has 4 heteroatoms. The van der Waals surface area contributed by atoms with Gasteiger partial charge < -0.3 is 10.2 Å². The second-order valence-electron chi connectivity index (χ2n) is 6.66. The Kier molecular flexibility index (Phi) is 4.66. The molecular formula is C16H28N4. The summed E-state index contributed by atoms with van der Waals surface area (Å²) in [6.07, 6.45) is 2.00. The number of nitrogens with one attached hydrogen (secondary N) is 1. The zero-order valence-electron chi connectivity index (χ0n) is 13.5. The number of aryl methyl sites for hydroxylation is 1. The van der Waals surface area contributed by atoms with E-state index < -0.39 is 0 Å². The summed E-state index contributed by atoms with van der Waals surface area (Å²) in [5.74, 6) is 1.15. The van der Waals surface area contributed by atoms with Crippen LogP contribution in [0.4, 0.5) is 5.82 Å². The fourth-order valence-corrected chi connectivity index (χ4v) is 2.85. The Morgan fingerprint density at radius 3 is 2.35 bits per heavy atom. The van der Waals surface area contributed by atoms with Gasteiger partial charge in [0.25, 0.3) is 0 Å². The van der Waals surface area contributed by atoms with Crippen LogP contribution in [0.5, 0.6) is 0 Å². The molecule has 1 N–H and O–H groups in total. The minimum absolute atomic E-state index is 0.269. The quantitative estimate of drug-likeness (QED) is 0.915. The van der Waals surface area contributed by atoms with Crippen LogP contribution in [-0.4, -0.2) is 48.6 Å². The van der Waals surface area contributed by atoms with Gasteiger partial charge in [-0.05, 0) is 51.9 Å². The Morgan fingerprint density at radius 2 is 1.85 bits per heavy atom. The highest BCUT2D eigenvalue weighted by atomic mass is 15.3. The summed E-state index contributed by atoms with van der Waals surface area (Å²) < 4.78 is 0. The molecule has 1 fully saturated rings. The van der Waals surface area contributed by atoms with E-state index in [4.69, 9.17) is 0 Å². The lowest BCUT2D eigenvalue weighted by molar-refractivity contribution is 0.128. The third-order valence-corrected chi connectivity index (χ3v) is 4.02. The molecule has 4 nitrogen and oxygen atoms in total. The molecule has 0 unspecified atom stereocenters. The van der Waals surface area contributed by atoms with Gasteiger partial charge in [-0.1, -0.05) is 0 Å². The van der Waals surface area contributed by atoms with Crippen molar-refractivity contribution < 1.29 is 0 Å². The number of hydrogen-bond donors (Lipinski definition) is 1. The first-order valence-corrected chi connectivity index (χ1v) is 7.52. The largest absolute Gasteiger partial charge is 0.354 e. The lowest BCUT2D eigenvalue weighted by atomic mass is 10.0. The molecular weight excluding hydrogens is 248 g/mol. The first-order valence-electron chi connectivity index (χ1n) is 7.52. The predicted octanol–water partition coefficient (Wildman–Crippen LogP) is 2.03. The Balaban J connectivity index is 2.03. The molecule has 0 aromatic carbocycles. The standard InChI is InChI=1S/C16H28N4/c1-13-10-14(11-17-5)12-18-15(13)19-6-8-20(9-7-19)16(2,3)4/h10,12,17H,6-9,11H2,1-5H3. The first kappa shape index (κ1) is 15.3. The Labute approximate surface area is 123 Å². The van der Waals surface area contributed by atoms with E-state index in [0.29, 0.717) is 0 Å². The van der Waals surface area contributed by atoms with Gasteiger partial charge in [0.15, 0.2) is 0 Å². The minimum atomic E-state index is 0.269. The summed E-state index contributed by atoms with van der Waals surface area (Å²) in [4.78, 5) is 9.64. The fraction of sp³-hybridized carbons (Fsp3) is 0.688. The SMILES string of the molecule is CNCc1cnc(N2CCN(C(C)(C)C)CC2)c(C)c1. The summed E-state index contributed by atoms with van der Waals surface area (Å²) in [5.41, 5.74) is 2.80. The van der Waals surface area contributed by atoms with E-state index in [9.17, 15) is 0 Å². The molecule has 0 atom stereocenters. The van der Waals surface area contributed by atoms with E-state index >= 15 is 0 Å². The number of piperazine rings is 1. The number of rotatable bonds is 3. The Morgan fingerprint density at radius 1 is 1.20 bits per heavy atom. The third kappa shape index (κ3) is 3.49. The van der Waals surface area contributed by atoms with Crippen LogP contribution in [0.3, 0.4) is 0 Å². The van der Waals surface area contributed by atoms with Gasteiger partial charge >= 0.3 is 0 Å². The molecule has 0 spiro atoms. The molecule has 0 bridgehead atoms. The molecule has 20 heavy (non-hydrogen) atoms. The van der Waals surface area contributed by atoms with Crippen molar-refractivity contribution in [2.75, 3.05) is 38.1 Å². The molecule has 1 aliphatic rings. The van der Waals surface area contributed by atoms with E-state index in [1.54, 1.807) is 0 Å². The van der Waals surface area contributed by atoms with Crippen molar-refractivity contribution in [3.05, 3.63) is 23.4 Å². The molecule has 2 heterocycles. The van der Waals surface area contributed by atoms with Crippen LogP contribution in [0.15, 0.2) is 12.3 Å². The van der Waals surface area contributed by atoms with Crippen LogP contribution in [0.25, 0.3) is 0 Å². The molecule has 1 saturated heterocycles. The number of aromatic nitrogens is 1. The van der Waals surface area contributed by atoms with Crippen LogP contribution >= 0.6 is 0 Å². The van der Waals surface area contributed by atoms with Crippen LogP contribution in [0.2, 0.25) is 0 Å². The normalized spacial score (nSPS) is 17.6. The molecule has 2 rings (SSSR count). The smallest absolute Gasteiger partial charge is 0.131 e. The van der Waals surface area contributed by atoms with Crippen molar-refractivity contribution in [1.82, 2.24) is 15.2 Å². The van der Waals surface area contributed by atoms with Crippen LogP contribution < -0.4 is 10.2 Å². The Hall–Kier alpha value is -1.13. The molecule has 0 aliphatic carbocycles. The highest BCUT2D eigenvalue weighted by molar-refractivity contribution is 5.47. The maximum Gasteiger partial charge on any atom is 0.131 e. The van der Waals surface area contributed by atoms with E-state index in [-0.39, 0.29) is 5.54 Å². The van der Waals surface area contributed by atoms with Crippen molar-refractivity contribution in [3.8, 4) is 0 Å². The molecule has 0 amide bonds. The molecule has 112 valence electrons. The number of anilines is 1. The summed E-state index contributed by atoms with van der Waals surface area (Å²) in [6.45, 7) is 14.3. The second-order valence-corrected chi connectivity index (χ2v) is 6.66. The van der Waals surface area contributed by atoms with E-state index in [2.05, 4.69) is 53.9 Å². The van der Waals surface area contributed by atoms with Crippen molar-refractivity contribution in [2.24, 2.45) is 0 Å². The lowest BCUT2D eigenvalue weighted by Gasteiger charge is -2.42. The number of nitrogens with zero attached hydrogens (tertiary/aromatic N) is 3. The predicted molar refractivity (Wildman–Crippen MR) is 85.3 cm³/mol. The average Bonchev–Trinajstić information content (AvgIpc) is 2.38. The highest BCUT2D eigenvalue weighted by Gasteiger charge is 2.26. The summed E-state index contributed by atoms with van der Waals surface area (Å²) in [6, 6.07) is 2.25. The van der Waals surface area contributed by atoms with Gasteiger partial charge in [0, 0.05) is 44.5 Å². The molecule has 0 radical (unpaired) electrons. The molecule has 1 aromatic rings. The summed E-state index contributed by atoms with van der Waals surface area (Å²) >= 11 is 0. The van der Waals surface area contributed by atoms with Crippen molar-refractivity contribution >= 4 is 5.82 Å². The van der Waals surface area contributed by atoms with E-state index in [0.717, 1.165) is 38.5 Å². The van der Waals surface area contributed by atoms with Gasteiger partial charge in [0.2, 0.25) is 0 Å². The highest BCUT2D eigenvalue weighted by Crippen LogP contribution is 2.22. The van der Waals surface area contributed by atoms with Gasteiger partial charge in [-0.25, -0.2) is 4.98 Å². The van der Waals surface area contributed by atoms with Gasteiger partial charge in [0.05, 0.1) is 0 Å². The van der Waals surface area contributed by atoms with E-state index in [1.807, 2.05) is 13.2 Å². The molecule has 0 saturated carbocycles. The molecule has 1 aromatic heterocycles. The maximum absolute atomic E-state index is 4.68. The zero-order valence-corrected chi connectivity index (χ0v) is 13.5. The van der Waals surface area contributed by atoms with Crippen molar-refractivity contribution in [1.29, 1.82) is 0 Å². The van der Waals surface area contributed by atoms with Crippen LogP contribution in [0.1, 0.15) is 31.9 Å². The van der Waals surface area contributed by atoms with Crippen LogP contribution in [0, 0.1) is 6.92 Å². The van der Waals surface area contributed by atoms with Crippen molar-refractivity contribution in [3.63, 3.8) is 0 Å². The van der Waals surface area contributed by atoms with Crippen LogP contribution in [-0.2, 0) is 6.54 Å². The lowest BCUT2D eigenvalue weighted by Crippen LogP contribution is -2.53. The average molecular weight is 276 g/mol. The summed E-state index contributed by atoms with van der Waals surface area (Å²) in [7, 11) is 1.97. The Bertz CT molecular complexity index is 442. The third-order valence-electron chi connectivity index (χ3n) is 4.02. The topological polar surface area (TPSA) is 31.4 Å². The van der Waals surface area contributed by atoms with Gasteiger partial charge in [0.1, 0.15) is 5.82 Å². The van der Waals surface area contributed by atoms with Gasteiger partial charge in [-0.2, -0.15) is 0 Å². The monoisotopic (exact) mass is 276 g/mol. The second kappa shape index (κ2) is 6.10. The molecule has 1 aliphatic heterocycles. The fourth-order valence-electron chi connectivity index (χ4n) is 2.85. The van der Waals surface area contributed by atoms with Crippen molar-refractivity contribution in [2.45, 2.75) is 39.8 Å². The van der Waals surface area contributed by atoms with E-state index in [1.165, 1.54) is 11.1 Å². The number of pyridine rings is 1. The van der Waals surface area contributed by atoms with Gasteiger partial charge in [-0.3, -0.25) is 4.90 Å². The summed E-state index contributed by atoms with van der Waals surface area (Å²) in [5, 5.41) is 3.17. The minimum Gasteiger partial charge on any atom is -0.354 e. The number of hydrogen-bond acceptors (Lipinski definition) is 4. The van der Waals surface area contributed by atoms with Gasteiger partial charge in [-0.15, -0.1) is 0 Å². The zero-order chi connectivity index (χ0) is 14.8.